The fourth-order valence-electron chi connectivity index (χ4n) is 1.93. The second kappa shape index (κ2) is 5.92. The van der Waals surface area contributed by atoms with Crippen LogP contribution in [0.25, 0.3) is 0 Å². The van der Waals surface area contributed by atoms with Crippen molar-refractivity contribution in [1.29, 1.82) is 0 Å². The second-order valence-corrected chi connectivity index (χ2v) is 5.75. The van der Waals surface area contributed by atoms with Crippen molar-refractivity contribution in [1.82, 2.24) is 10.2 Å². The van der Waals surface area contributed by atoms with Crippen molar-refractivity contribution < 1.29 is 23.5 Å². The molecule has 0 atom stereocenters. The van der Waals surface area contributed by atoms with Crippen molar-refractivity contribution in [3.8, 4) is 0 Å². The highest BCUT2D eigenvalue weighted by atomic mass is 35.5. The van der Waals surface area contributed by atoms with Crippen LogP contribution in [0, 0.1) is 5.82 Å². The molecular formula is C14H14ClFN2O4. The molecule has 8 heteroatoms. The van der Waals surface area contributed by atoms with Crippen LogP contribution in [-0.4, -0.2) is 34.9 Å². The Morgan fingerprint density at radius 2 is 2.09 bits per heavy atom. The number of esters is 1. The molecule has 0 aromatic heterocycles. The third-order valence-corrected chi connectivity index (χ3v) is 3.49. The average molecular weight is 329 g/mol. The molecule has 1 heterocycles. The number of hydrogen-bond donors (Lipinski definition) is 1. The standard InChI is InChI=1S/C14H14ClFN2O4/c1-14(2)12(20)18(13(21)17-14)6-11(19)22-7-8-3-4-9(16)5-10(8)15/h3-5H,6-7H2,1-2H3,(H,17,21). The third kappa shape index (κ3) is 3.36. The molecule has 0 unspecified atom stereocenters. The zero-order chi connectivity index (χ0) is 16.5. The maximum absolute atomic E-state index is 12.9. The Morgan fingerprint density at radius 3 is 2.64 bits per heavy atom. The molecule has 6 nitrogen and oxygen atoms in total. The minimum atomic E-state index is -1.04. The lowest BCUT2D eigenvalue weighted by Crippen LogP contribution is -2.41. The van der Waals surface area contributed by atoms with Gasteiger partial charge in [0.25, 0.3) is 5.91 Å². The molecule has 0 bridgehead atoms. The van der Waals surface area contributed by atoms with Gasteiger partial charge in [0.2, 0.25) is 0 Å². The van der Waals surface area contributed by atoms with E-state index >= 15 is 0 Å². The van der Waals surface area contributed by atoms with Gasteiger partial charge in [-0.05, 0) is 26.0 Å². The first-order valence-electron chi connectivity index (χ1n) is 6.44. The van der Waals surface area contributed by atoms with Crippen LogP contribution in [0.3, 0.4) is 0 Å². The predicted octanol–water partition coefficient (Wildman–Crippen LogP) is 1.85. The number of nitrogens with zero attached hydrogens (tertiary/aromatic N) is 1. The van der Waals surface area contributed by atoms with Gasteiger partial charge in [0.05, 0.1) is 5.02 Å². The molecule has 0 radical (unpaired) electrons. The third-order valence-electron chi connectivity index (χ3n) is 3.14. The van der Waals surface area contributed by atoms with E-state index in [2.05, 4.69) is 5.32 Å². The predicted molar refractivity (Wildman–Crippen MR) is 75.5 cm³/mol. The molecule has 1 N–H and O–H groups in total. The molecule has 1 fully saturated rings. The Balaban J connectivity index is 1.94. The average Bonchev–Trinajstić information content (AvgIpc) is 2.60. The number of hydrogen-bond acceptors (Lipinski definition) is 4. The van der Waals surface area contributed by atoms with E-state index in [0.29, 0.717) is 5.56 Å². The zero-order valence-electron chi connectivity index (χ0n) is 12.0. The van der Waals surface area contributed by atoms with E-state index in [0.717, 1.165) is 11.0 Å². The van der Waals surface area contributed by atoms with Crippen LogP contribution in [0.4, 0.5) is 9.18 Å². The Hall–Kier alpha value is -2.15. The summed E-state index contributed by atoms with van der Waals surface area (Å²) in [6.45, 7) is 2.41. The number of urea groups is 1. The summed E-state index contributed by atoms with van der Waals surface area (Å²) in [5, 5.41) is 2.58. The van der Waals surface area contributed by atoms with Crippen LogP contribution in [0.2, 0.25) is 5.02 Å². The summed E-state index contributed by atoms with van der Waals surface area (Å²) in [6.07, 6.45) is 0. The summed E-state index contributed by atoms with van der Waals surface area (Å²) >= 11 is 5.81. The van der Waals surface area contributed by atoms with E-state index in [9.17, 15) is 18.8 Å². The molecule has 1 aliphatic heterocycles. The number of carbonyl (C=O) groups is 3. The van der Waals surface area contributed by atoms with Gasteiger partial charge in [-0.2, -0.15) is 0 Å². The SMILES string of the molecule is CC1(C)NC(=O)N(CC(=O)OCc2ccc(F)cc2Cl)C1=O. The highest BCUT2D eigenvalue weighted by molar-refractivity contribution is 6.31. The Kier molecular flexibility index (Phi) is 4.37. The molecule has 0 aliphatic carbocycles. The smallest absolute Gasteiger partial charge is 0.326 e. The molecule has 3 amide bonds. The number of imide groups is 1. The summed E-state index contributed by atoms with van der Waals surface area (Å²) < 4.78 is 17.9. The summed E-state index contributed by atoms with van der Waals surface area (Å²) in [5.41, 5.74) is -0.619. The highest BCUT2D eigenvalue weighted by Crippen LogP contribution is 2.19. The fourth-order valence-corrected chi connectivity index (χ4v) is 2.16. The molecule has 2 rings (SSSR count). The first kappa shape index (κ1) is 16.2. The Bertz CT molecular complexity index is 648. The van der Waals surface area contributed by atoms with E-state index in [1.807, 2.05) is 0 Å². The number of benzene rings is 1. The van der Waals surface area contributed by atoms with Gasteiger partial charge in [-0.25, -0.2) is 9.18 Å². The number of carbonyl (C=O) groups excluding carboxylic acids is 3. The molecule has 1 aromatic rings. The molecule has 1 aromatic carbocycles. The van der Waals surface area contributed by atoms with Crippen molar-refractivity contribution in [2.45, 2.75) is 26.0 Å². The van der Waals surface area contributed by atoms with Crippen LogP contribution in [0.5, 0.6) is 0 Å². The first-order valence-corrected chi connectivity index (χ1v) is 6.82. The summed E-state index contributed by atoms with van der Waals surface area (Å²) in [5.74, 6) is -1.77. The number of nitrogens with one attached hydrogen (secondary N) is 1. The van der Waals surface area contributed by atoms with Crippen LogP contribution in [-0.2, 0) is 20.9 Å². The van der Waals surface area contributed by atoms with Gasteiger partial charge >= 0.3 is 12.0 Å². The molecule has 1 saturated heterocycles. The number of rotatable bonds is 4. The lowest BCUT2D eigenvalue weighted by molar-refractivity contribution is -0.148. The molecule has 0 saturated carbocycles. The van der Waals surface area contributed by atoms with Gasteiger partial charge in [-0.1, -0.05) is 17.7 Å². The summed E-state index contributed by atoms with van der Waals surface area (Å²) in [6, 6.07) is 3.04. The number of ether oxygens (including phenoxy) is 1. The van der Waals surface area contributed by atoms with Crippen molar-refractivity contribution in [2.24, 2.45) is 0 Å². The van der Waals surface area contributed by atoms with E-state index in [-0.39, 0.29) is 11.6 Å². The first-order chi connectivity index (χ1) is 10.2. The lowest BCUT2D eigenvalue weighted by atomic mass is 10.1. The monoisotopic (exact) mass is 328 g/mol. The van der Waals surface area contributed by atoms with Crippen molar-refractivity contribution in [2.75, 3.05) is 6.54 Å². The minimum absolute atomic E-state index is 0.129. The second-order valence-electron chi connectivity index (χ2n) is 5.34. The van der Waals surface area contributed by atoms with E-state index in [4.69, 9.17) is 16.3 Å². The Labute approximate surface area is 131 Å². The lowest BCUT2D eigenvalue weighted by Gasteiger charge is -2.15. The molecular weight excluding hydrogens is 315 g/mol. The number of halogens is 2. The van der Waals surface area contributed by atoms with Gasteiger partial charge in [0.15, 0.2) is 0 Å². The number of amides is 3. The van der Waals surface area contributed by atoms with Crippen molar-refractivity contribution >= 4 is 29.5 Å². The van der Waals surface area contributed by atoms with Gasteiger partial charge in [-0.15, -0.1) is 0 Å². The summed E-state index contributed by atoms with van der Waals surface area (Å²) in [4.78, 5) is 36.1. The maximum Gasteiger partial charge on any atom is 0.326 e. The van der Waals surface area contributed by atoms with Crippen molar-refractivity contribution in [3.63, 3.8) is 0 Å². The molecule has 118 valence electrons. The summed E-state index contributed by atoms with van der Waals surface area (Å²) in [7, 11) is 0. The highest BCUT2D eigenvalue weighted by Gasteiger charge is 2.45. The maximum atomic E-state index is 12.9. The van der Waals surface area contributed by atoms with E-state index in [1.165, 1.54) is 26.0 Å². The van der Waals surface area contributed by atoms with Gasteiger partial charge < -0.3 is 10.1 Å². The Morgan fingerprint density at radius 1 is 1.41 bits per heavy atom. The van der Waals surface area contributed by atoms with E-state index in [1.54, 1.807) is 0 Å². The van der Waals surface area contributed by atoms with Gasteiger partial charge in [0.1, 0.15) is 24.5 Å². The topological polar surface area (TPSA) is 75.7 Å². The molecule has 0 spiro atoms. The van der Waals surface area contributed by atoms with Crippen LogP contribution in [0.1, 0.15) is 19.4 Å². The normalized spacial score (nSPS) is 16.6. The van der Waals surface area contributed by atoms with E-state index < -0.39 is 35.8 Å². The largest absolute Gasteiger partial charge is 0.459 e. The van der Waals surface area contributed by atoms with Crippen LogP contribution < -0.4 is 5.32 Å². The fraction of sp³-hybridized carbons (Fsp3) is 0.357. The van der Waals surface area contributed by atoms with Crippen LogP contribution >= 0.6 is 11.6 Å². The van der Waals surface area contributed by atoms with Gasteiger partial charge in [-0.3, -0.25) is 14.5 Å². The van der Waals surface area contributed by atoms with Crippen LogP contribution in [0.15, 0.2) is 18.2 Å². The van der Waals surface area contributed by atoms with Gasteiger partial charge in [0, 0.05) is 5.56 Å². The quantitative estimate of drug-likeness (QED) is 0.676. The zero-order valence-corrected chi connectivity index (χ0v) is 12.7. The molecule has 1 aliphatic rings. The van der Waals surface area contributed by atoms with Crippen molar-refractivity contribution in [3.05, 3.63) is 34.6 Å². The molecule has 22 heavy (non-hydrogen) atoms. The minimum Gasteiger partial charge on any atom is -0.459 e.